The number of alkyl halides is 2. The van der Waals surface area contributed by atoms with Crippen molar-refractivity contribution >= 4 is 22.9 Å². The van der Waals surface area contributed by atoms with E-state index >= 15 is 0 Å². The Kier molecular flexibility index (Phi) is 3.01. The maximum atomic E-state index is 13.2. The summed E-state index contributed by atoms with van der Waals surface area (Å²) in [5.74, 6) is 0.501. The molecule has 0 saturated carbocycles. The zero-order valence-corrected chi connectivity index (χ0v) is 8.55. The maximum absolute atomic E-state index is 13.2. The summed E-state index contributed by atoms with van der Waals surface area (Å²) in [4.78, 5) is 0. The van der Waals surface area contributed by atoms with Gasteiger partial charge >= 0.3 is 0 Å². The van der Waals surface area contributed by atoms with Gasteiger partial charge in [-0.3, -0.25) is 0 Å². The number of nitrogens with zero attached hydrogens (tertiary/aromatic N) is 2. The third kappa shape index (κ3) is 2.38. The van der Waals surface area contributed by atoms with E-state index in [1.54, 1.807) is 0 Å². The molecule has 0 atom stereocenters. The van der Waals surface area contributed by atoms with Gasteiger partial charge in [0.2, 0.25) is 0 Å². The fourth-order valence-electron chi connectivity index (χ4n) is 0.676. The van der Waals surface area contributed by atoms with E-state index in [4.69, 9.17) is 11.6 Å². The molecule has 5 heteroatoms. The molecule has 0 amide bonds. The van der Waals surface area contributed by atoms with Crippen molar-refractivity contribution in [2.24, 2.45) is 0 Å². The molecule has 0 unspecified atom stereocenters. The van der Waals surface area contributed by atoms with Crippen molar-refractivity contribution in [2.75, 3.05) is 5.88 Å². The van der Waals surface area contributed by atoms with Crippen LogP contribution in [-0.4, -0.2) is 16.1 Å². The summed E-state index contributed by atoms with van der Waals surface area (Å²) in [6.07, 6.45) is 0.662. The monoisotopic (exact) mass is 208 g/mol. The van der Waals surface area contributed by atoms with E-state index in [9.17, 15) is 4.39 Å². The van der Waals surface area contributed by atoms with Crippen LogP contribution in [0, 0.1) is 0 Å². The molecule has 1 heterocycles. The first-order chi connectivity index (χ1) is 5.54. The molecule has 0 aromatic carbocycles. The molecule has 0 aliphatic heterocycles. The molecule has 68 valence electrons. The summed E-state index contributed by atoms with van der Waals surface area (Å²) in [6.45, 7) is 2.94. The minimum absolute atomic E-state index is 0.419. The lowest BCUT2D eigenvalue weighted by Gasteiger charge is -2.07. The number of aryl methyl sites for hydroxylation is 1. The highest BCUT2D eigenvalue weighted by Gasteiger charge is 2.23. The zero-order valence-electron chi connectivity index (χ0n) is 6.97. The summed E-state index contributed by atoms with van der Waals surface area (Å²) >= 11 is 6.79. The van der Waals surface area contributed by atoms with E-state index in [1.165, 1.54) is 25.2 Å². The summed E-state index contributed by atoms with van der Waals surface area (Å²) in [6, 6.07) is 0. The van der Waals surface area contributed by atoms with Crippen molar-refractivity contribution in [3.05, 3.63) is 10.0 Å². The first kappa shape index (κ1) is 9.86. The second-order valence-electron chi connectivity index (χ2n) is 2.91. The smallest absolute Gasteiger partial charge is 0.158 e. The van der Waals surface area contributed by atoms with E-state index in [0.717, 1.165) is 5.01 Å². The molecule has 0 spiro atoms. The van der Waals surface area contributed by atoms with E-state index in [0.29, 0.717) is 17.3 Å². The van der Waals surface area contributed by atoms with Gasteiger partial charge in [-0.2, -0.15) is 0 Å². The summed E-state index contributed by atoms with van der Waals surface area (Å²) in [5, 5.41) is 8.77. The molecule has 1 rings (SSSR count). The van der Waals surface area contributed by atoms with Crippen molar-refractivity contribution in [1.29, 1.82) is 0 Å². The van der Waals surface area contributed by atoms with Crippen LogP contribution in [0.2, 0.25) is 0 Å². The number of hydrogen-bond donors (Lipinski definition) is 0. The second-order valence-corrected chi connectivity index (χ2v) is 4.35. The molecular weight excluding hydrogens is 199 g/mol. The molecule has 0 fully saturated rings. The average molecular weight is 209 g/mol. The molecule has 0 bridgehead atoms. The third-order valence-corrected chi connectivity index (χ3v) is 2.75. The molecule has 0 radical (unpaired) electrons. The molecular formula is C7H10ClFN2S. The Balaban J connectivity index is 2.77. The van der Waals surface area contributed by atoms with Crippen LogP contribution in [0.4, 0.5) is 4.39 Å². The van der Waals surface area contributed by atoms with Crippen LogP contribution in [0.3, 0.4) is 0 Å². The van der Waals surface area contributed by atoms with Gasteiger partial charge in [0.25, 0.3) is 0 Å². The van der Waals surface area contributed by atoms with Gasteiger partial charge in [-0.25, -0.2) is 4.39 Å². The lowest BCUT2D eigenvalue weighted by molar-refractivity contribution is 0.219. The van der Waals surface area contributed by atoms with Gasteiger partial charge in [-0.1, -0.05) is 11.3 Å². The molecule has 1 aromatic heterocycles. The minimum atomic E-state index is -1.39. The highest BCUT2D eigenvalue weighted by Crippen LogP contribution is 2.27. The average Bonchev–Trinajstić information content (AvgIpc) is 2.35. The zero-order chi connectivity index (χ0) is 9.19. The predicted molar refractivity (Wildman–Crippen MR) is 48.5 cm³/mol. The first-order valence-electron chi connectivity index (χ1n) is 3.62. The first-order valence-corrected chi connectivity index (χ1v) is 4.97. The van der Waals surface area contributed by atoms with Crippen LogP contribution in [0.15, 0.2) is 0 Å². The Morgan fingerprint density at radius 3 is 2.58 bits per heavy atom. The lowest BCUT2D eigenvalue weighted by Crippen LogP contribution is -2.07. The standard InChI is InChI=1S/C7H10ClFN2S/c1-7(2,9)6-11-10-5(12-6)3-4-8/h3-4H2,1-2H3. The highest BCUT2D eigenvalue weighted by molar-refractivity contribution is 7.11. The topological polar surface area (TPSA) is 25.8 Å². The largest absolute Gasteiger partial charge is 0.237 e. The molecule has 1 aromatic rings. The van der Waals surface area contributed by atoms with Gasteiger partial charge in [0.05, 0.1) is 0 Å². The summed E-state index contributed by atoms with van der Waals surface area (Å²) in [7, 11) is 0. The fraction of sp³-hybridized carbons (Fsp3) is 0.714. The Morgan fingerprint density at radius 1 is 1.50 bits per heavy atom. The van der Waals surface area contributed by atoms with Gasteiger partial charge in [0.15, 0.2) is 10.7 Å². The Hall–Kier alpha value is -0.220. The Labute approximate surface area is 79.8 Å². The molecule has 12 heavy (non-hydrogen) atoms. The number of aromatic nitrogens is 2. The Morgan fingerprint density at radius 2 is 2.17 bits per heavy atom. The van der Waals surface area contributed by atoms with Crippen molar-refractivity contribution in [3.8, 4) is 0 Å². The van der Waals surface area contributed by atoms with Crippen LogP contribution in [0.25, 0.3) is 0 Å². The third-order valence-electron chi connectivity index (χ3n) is 1.28. The molecule has 0 aliphatic rings. The van der Waals surface area contributed by atoms with Gasteiger partial charge in [0, 0.05) is 12.3 Å². The van der Waals surface area contributed by atoms with Gasteiger partial charge in [0.1, 0.15) is 5.01 Å². The summed E-state index contributed by atoms with van der Waals surface area (Å²) < 4.78 is 13.2. The fourth-order valence-corrected chi connectivity index (χ4v) is 1.80. The van der Waals surface area contributed by atoms with Gasteiger partial charge in [-0.05, 0) is 13.8 Å². The van der Waals surface area contributed by atoms with Crippen molar-refractivity contribution in [1.82, 2.24) is 10.2 Å². The quantitative estimate of drug-likeness (QED) is 0.714. The Bertz CT molecular complexity index is 256. The second kappa shape index (κ2) is 3.66. The van der Waals surface area contributed by atoms with Crippen LogP contribution in [-0.2, 0) is 12.1 Å². The van der Waals surface area contributed by atoms with Crippen molar-refractivity contribution in [3.63, 3.8) is 0 Å². The number of rotatable bonds is 3. The van der Waals surface area contributed by atoms with Crippen molar-refractivity contribution in [2.45, 2.75) is 25.9 Å². The van der Waals surface area contributed by atoms with E-state index in [1.807, 2.05) is 0 Å². The van der Waals surface area contributed by atoms with Crippen LogP contribution in [0.1, 0.15) is 23.9 Å². The highest BCUT2D eigenvalue weighted by atomic mass is 35.5. The molecule has 0 saturated heterocycles. The number of halogens is 2. The normalized spacial score (nSPS) is 12.0. The maximum Gasteiger partial charge on any atom is 0.158 e. The van der Waals surface area contributed by atoms with Crippen LogP contribution in [0.5, 0.6) is 0 Å². The number of hydrogen-bond acceptors (Lipinski definition) is 3. The van der Waals surface area contributed by atoms with E-state index < -0.39 is 5.67 Å². The van der Waals surface area contributed by atoms with Gasteiger partial charge in [-0.15, -0.1) is 21.8 Å². The van der Waals surface area contributed by atoms with Gasteiger partial charge < -0.3 is 0 Å². The van der Waals surface area contributed by atoms with Crippen LogP contribution >= 0.6 is 22.9 Å². The van der Waals surface area contributed by atoms with E-state index in [-0.39, 0.29) is 0 Å². The predicted octanol–water partition coefficient (Wildman–Crippen LogP) is 2.52. The molecule has 0 N–H and O–H groups in total. The minimum Gasteiger partial charge on any atom is -0.237 e. The summed E-state index contributed by atoms with van der Waals surface area (Å²) in [5.41, 5.74) is -1.39. The van der Waals surface area contributed by atoms with E-state index in [2.05, 4.69) is 10.2 Å². The molecule has 0 aliphatic carbocycles. The van der Waals surface area contributed by atoms with Crippen LogP contribution < -0.4 is 0 Å². The lowest BCUT2D eigenvalue weighted by atomic mass is 10.2. The molecule has 2 nitrogen and oxygen atoms in total. The van der Waals surface area contributed by atoms with Crippen molar-refractivity contribution < 1.29 is 4.39 Å². The SMILES string of the molecule is CC(C)(F)c1nnc(CCCl)s1.